The van der Waals surface area contributed by atoms with E-state index in [1.165, 1.54) is 0 Å². The molecule has 0 amide bonds. The van der Waals surface area contributed by atoms with Gasteiger partial charge in [0, 0.05) is 21.4 Å². The lowest BCUT2D eigenvalue weighted by atomic mass is 9.97. The minimum absolute atomic E-state index is 0.725. The van der Waals surface area contributed by atoms with Gasteiger partial charge in [-0.25, -0.2) is 0 Å². The Kier molecular flexibility index (Phi) is 7.71. The molecule has 0 aliphatic heterocycles. The fraction of sp³-hybridized carbons (Fsp3) is 0.0714. The predicted octanol–water partition coefficient (Wildman–Crippen LogP) is 7.82. The highest BCUT2D eigenvalue weighted by Gasteiger charge is 2.27. The molecule has 0 unspecified atom stereocenters. The molecule has 0 saturated carbocycles. The van der Waals surface area contributed by atoms with E-state index in [1.54, 1.807) is 11.4 Å². The lowest BCUT2D eigenvalue weighted by Gasteiger charge is -2.18. The smallest absolute Gasteiger partial charge is 0.195 e. The first-order valence-corrected chi connectivity index (χ1v) is 14.2. The zero-order chi connectivity index (χ0) is 22.2. The Morgan fingerprint density at radius 1 is 0.688 bits per heavy atom. The van der Waals surface area contributed by atoms with Crippen LogP contribution >= 0.6 is 29.3 Å². The maximum absolute atomic E-state index is 14.2. The van der Waals surface area contributed by atoms with E-state index < -0.39 is 6.34 Å². The largest absolute Gasteiger partial charge is 0.302 e. The first kappa shape index (κ1) is 22.7. The highest BCUT2D eigenvalue weighted by atomic mass is 35.5. The predicted molar refractivity (Wildman–Crippen MR) is 142 cm³/mol. The zero-order valence-corrected chi connectivity index (χ0v) is 20.1. The molecule has 0 aromatic heterocycles. The fourth-order valence-corrected chi connectivity index (χ4v) is 8.62. The Morgan fingerprint density at radius 2 is 1.16 bits per heavy atom. The average Bonchev–Trinajstić information content (AvgIpc) is 2.86. The number of rotatable bonds is 8. The number of hydrogen-bond acceptors (Lipinski definition) is 2. The van der Waals surface area contributed by atoms with Gasteiger partial charge in [0.15, 0.2) is 6.34 Å². The van der Waals surface area contributed by atoms with Crippen LogP contribution in [0.2, 0.25) is 5.02 Å². The van der Waals surface area contributed by atoms with Crippen molar-refractivity contribution in [3.63, 3.8) is 0 Å². The van der Waals surface area contributed by atoms with Crippen LogP contribution in [0.3, 0.4) is 0 Å². The van der Waals surface area contributed by atoms with Crippen molar-refractivity contribution < 1.29 is 4.57 Å². The third-order valence-corrected chi connectivity index (χ3v) is 11.1. The molecule has 4 aromatic rings. The average molecular weight is 475 g/mol. The van der Waals surface area contributed by atoms with Crippen LogP contribution in [0.1, 0.15) is 17.5 Å². The van der Waals surface area contributed by atoms with Gasteiger partial charge in [-0.1, -0.05) is 132 Å². The van der Waals surface area contributed by atoms with Crippen LogP contribution in [-0.4, -0.2) is 5.75 Å². The molecule has 4 rings (SSSR count). The van der Waals surface area contributed by atoms with Crippen molar-refractivity contribution in [2.24, 2.45) is 0 Å². The summed E-state index contributed by atoms with van der Waals surface area (Å²) in [5, 5.41) is 2.51. The molecular formula is C28H24ClOPS. The number of allylic oxidation sites excluding steroid dienone is 1. The molecule has 0 radical (unpaired) electrons. The Labute approximate surface area is 199 Å². The molecule has 4 aromatic carbocycles. The quantitative estimate of drug-likeness (QED) is 0.191. The number of hydrogen-bond donors (Lipinski definition) is 0. The molecule has 0 bridgehead atoms. The van der Waals surface area contributed by atoms with E-state index in [0.29, 0.717) is 0 Å². The molecule has 32 heavy (non-hydrogen) atoms. The first-order valence-electron chi connectivity index (χ1n) is 10.5. The van der Waals surface area contributed by atoms with Crippen molar-refractivity contribution in [2.45, 2.75) is 6.42 Å². The van der Waals surface area contributed by atoms with Gasteiger partial charge in [0.05, 0.1) is 0 Å². The molecule has 4 heteroatoms. The molecular weight excluding hydrogens is 451 g/mol. The minimum atomic E-state index is -2.76. The van der Waals surface area contributed by atoms with Crippen LogP contribution in [0.15, 0.2) is 121 Å². The summed E-state index contributed by atoms with van der Waals surface area (Å²) in [5.41, 5.74) is 3.45. The zero-order valence-electron chi connectivity index (χ0n) is 17.6. The standard InChI is InChI=1S/C28H24ClOPS/c29-25-20-18-24(19-21-25)28(23-11-4-1-5-12-23)17-10-22-32-31(30,26-13-6-2-7-14-26)27-15-8-3-9-16-27/h1-9,11-21H,10,22H2/b28-17+. The van der Waals surface area contributed by atoms with Gasteiger partial charge < -0.3 is 4.57 Å². The van der Waals surface area contributed by atoms with Crippen molar-refractivity contribution in [2.75, 3.05) is 5.75 Å². The number of halogens is 1. The second kappa shape index (κ2) is 10.9. The summed E-state index contributed by atoms with van der Waals surface area (Å²) >= 11 is 7.66. The summed E-state index contributed by atoms with van der Waals surface area (Å²) < 4.78 is 14.2. The topological polar surface area (TPSA) is 17.1 Å². The summed E-state index contributed by atoms with van der Waals surface area (Å²) in [6.07, 6.45) is 0.284. The molecule has 0 heterocycles. The SMILES string of the molecule is O=P(SCC/C=C(\c1ccccc1)c1ccc(Cl)cc1)(c1ccccc1)c1ccccc1. The lowest BCUT2D eigenvalue weighted by Crippen LogP contribution is -2.13. The van der Waals surface area contributed by atoms with Crippen molar-refractivity contribution >= 4 is 45.5 Å². The summed E-state index contributed by atoms with van der Waals surface area (Å²) in [6.45, 7) is 0. The van der Waals surface area contributed by atoms with Crippen LogP contribution in [0.4, 0.5) is 0 Å². The maximum atomic E-state index is 14.2. The molecule has 0 fully saturated rings. The van der Waals surface area contributed by atoms with Gasteiger partial charge >= 0.3 is 0 Å². The van der Waals surface area contributed by atoms with E-state index in [2.05, 4.69) is 18.2 Å². The van der Waals surface area contributed by atoms with Crippen LogP contribution in [0, 0.1) is 0 Å². The summed E-state index contributed by atoms with van der Waals surface area (Å²) in [7, 11) is 0. The van der Waals surface area contributed by atoms with Gasteiger partial charge in [-0.2, -0.15) is 0 Å². The van der Waals surface area contributed by atoms with E-state index in [1.807, 2.05) is 103 Å². The van der Waals surface area contributed by atoms with E-state index in [4.69, 9.17) is 11.6 Å². The molecule has 160 valence electrons. The van der Waals surface area contributed by atoms with Crippen LogP contribution in [-0.2, 0) is 4.57 Å². The van der Waals surface area contributed by atoms with E-state index in [-0.39, 0.29) is 0 Å². The van der Waals surface area contributed by atoms with E-state index in [9.17, 15) is 4.57 Å². The molecule has 0 aliphatic carbocycles. The fourth-order valence-electron chi connectivity index (χ4n) is 3.58. The molecule has 1 nitrogen and oxygen atoms in total. The van der Waals surface area contributed by atoms with Crippen molar-refractivity contribution in [3.8, 4) is 0 Å². The monoisotopic (exact) mass is 474 g/mol. The Hall–Kier alpha value is -2.51. The van der Waals surface area contributed by atoms with Crippen molar-refractivity contribution in [1.82, 2.24) is 0 Å². The molecule has 0 aliphatic rings. The summed E-state index contributed by atoms with van der Waals surface area (Å²) in [4.78, 5) is 0. The summed E-state index contributed by atoms with van der Waals surface area (Å²) in [5.74, 6) is 0.755. The second-order valence-corrected chi connectivity index (χ2v) is 12.9. The van der Waals surface area contributed by atoms with E-state index >= 15 is 0 Å². The third-order valence-electron chi connectivity index (χ3n) is 5.17. The van der Waals surface area contributed by atoms with Gasteiger partial charge in [0.2, 0.25) is 0 Å². The summed E-state index contributed by atoms with van der Waals surface area (Å²) in [6, 6.07) is 37.9. The van der Waals surface area contributed by atoms with Crippen molar-refractivity contribution in [3.05, 3.63) is 137 Å². The van der Waals surface area contributed by atoms with Crippen LogP contribution in [0.25, 0.3) is 5.57 Å². The van der Waals surface area contributed by atoms with Crippen molar-refractivity contribution in [1.29, 1.82) is 0 Å². The van der Waals surface area contributed by atoms with Gasteiger partial charge in [-0.15, -0.1) is 0 Å². The first-order chi connectivity index (χ1) is 15.7. The van der Waals surface area contributed by atoms with Gasteiger partial charge in [0.25, 0.3) is 0 Å². The van der Waals surface area contributed by atoms with Gasteiger partial charge in [-0.3, -0.25) is 0 Å². The molecule has 0 saturated heterocycles. The molecule has 0 N–H and O–H groups in total. The molecule has 0 spiro atoms. The highest BCUT2D eigenvalue weighted by molar-refractivity contribution is 8.62. The Morgan fingerprint density at radius 3 is 1.69 bits per heavy atom. The Bertz CT molecular complexity index is 1160. The van der Waals surface area contributed by atoms with Crippen LogP contribution < -0.4 is 10.6 Å². The highest BCUT2D eigenvalue weighted by Crippen LogP contribution is 2.56. The van der Waals surface area contributed by atoms with Gasteiger partial charge in [-0.05, 0) is 35.3 Å². The van der Waals surface area contributed by atoms with E-state index in [0.717, 1.165) is 44.5 Å². The molecule has 0 atom stereocenters. The lowest BCUT2D eigenvalue weighted by molar-refractivity contribution is 0.595. The minimum Gasteiger partial charge on any atom is -0.302 e. The maximum Gasteiger partial charge on any atom is 0.195 e. The van der Waals surface area contributed by atoms with Crippen LogP contribution in [0.5, 0.6) is 0 Å². The number of benzene rings is 4. The van der Waals surface area contributed by atoms with Gasteiger partial charge in [0.1, 0.15) is 0 Å². The normalized spacial score (nSPS) is 12.0. The Balaban J connectivity index is 1.58. The third kappa shape index (κ3) is 5.45. The second-order valence-electron chi connectivity index (χ2n) is 7.34.